The van der Waals surface area contributed by atoms with E-state index in [1.165, 1.54) is 26.2 Å². The number of nitrogens with one attached hydrogen (secondary N) is 2. The molecule has 1 rings (SSSR count). The number of carbonyl (C=O) groups excluding carboxylic acids is 2. The number of amides is 2. The van der Waals surface area contributed by atoms with E-state index in [2.05, 4.69) is 10.6 Å². The summed E-state index contributed by atoms with van der Waals surface area (Å²) in [6.07, 6.45) is 0. The Balaban J connectivity index is 0.00000676. The van der Waals surface area contributed by atoms with Gasteiger partial charge >= 0.3 is 0 Å². The average molecular weight is 421 g/mol. The molecule has 0 saturated carbocycles. The zero-order valence-corrected chi connectivity index (χ0v) is 17.9. The van der Waals surface area contributed by atoms with Crippen LogP contribution in [0.25, 0.3) is 0 Å². The molecule has 0 spiro atoms. The molecular formula is C17H29ClN4O4S. The van der Waals surface area contributed by atoms with Gasteiger partial charge in [0.2, 0.25) is 21.8 Å². The summed E-state index contributed by atoms with van der Waals surface area (Å²) in [4.78, 5) is 23.9. The first-order chi connectivity index (χ1) is 12.0. The average Bonchev–Trinajstić information content (AvgIpc) is 2.58. The molecule has 8 nitrogen and oxygen atoms in total. The Labute approximate surface area is 167 Å². The van der Waals surface area contributed by atoms with E-state index < -0.39 is 22.1 Å². The molecule has 2 amide bonds. The first-order valence-corrected chi connectivity index (χ1v) is 9.76. The second kappa shape index (κ2) is 10.6. The standard InChI is InChI=1S/C17H28N4O4S.ClH/c1-11(2)16(18)17(23)19-10-15(22)20-12(3)13-7-6-8-14(9-13)26(24,25)21(4)5;/h6-9,11-12,16H,10,18H2,1-5H3,(H,19,23)(H,20,22);1H/t12?,16-;/m0./s1. The summed E-state index contributed by atoms with van der Waals surface area (Å²) in [6, 6.07) is 5.28. The van der Waals surface area contributed by atoms with E-state index in [1.54, 1.807) is 19.1 Å². The molecule has 0 saturated heterocycles. The van der Waals surface area contributed by atoms with Crippen LogP contribution in [0.1, 0.15) is 32.4 Å². The Bertz CT molecular complexity index is 753. The number of halogens is 1. The van der Waals surface area contributed by atoms with E-state index in [0.29, 0.717) is 5.56 Å². The summed E-state index contributed by atoms with van der Waals surface area (Å²) in [5, 5.41) is 5.22. The molecule has 0 bridgehead atoms. The maximum absolute atomic E-state index is 12.2. The van der Waals surface area contributed by atoms with Gasteiger partial charge in [-0.2, -0.15) is 0 Å². The summed E-state index contributed by atoms with van der Waals surface area (Å²) in [6.45, 7) is 5.18. The Morgan fingerprint density at radius 3 is 2.30 bits per heavy atom. The predicted molar refractivity (Wildman–Crippen MR) is 107 cm³/mol. The van der Waals surface area contributed by atoms with Crippen LogP contribution in [0, 0.1) is 5.92 Å². The lowest BCUT2D eigenvalue weighted by Crippen LogP contribution is -2.47. The van der Waals surface area contributed by atoms with Crippen LogP contribution in [0.5, 0.6) is 0 Å². The SMILES string of the molecule is CC(NC(=O)CNC(=O)[C@@H](N)C(C)C)c1cccc(S(=O)(=O)N(C)C)c1.Cl. The van der Waals surface area contributed by atoms with E-state index >= 15 is 0 Å². The van der Waals surface area contributed by atoms with Gasteiger partial charge in [0.05, 0.1) is 23.5 Å². The molecule has 154 valence electrons. The highest BCUT2D eigenvalue weighted by atomic mass is 35.5. The number of rotatable bonds is 8. The summed E-state index contributed by atoms with van der Waals surface area (Å²) >= 11 is 0. The van der Waals surface area contributed by atoms with Gasteiger partial charge in [-0.3, -0.25) is 9.59 Å². The van der Waals surface area contributed by atoms with Crippen LogP contribution < -0.4 is 16.4 Å². The molecular weight excluding hydrogens is 392 g/mol. The predicted octanol–water partition coefficient (Wildman–Crippen LogP) is 0.635. The summed E-state index contributed by atoms with van der Waals surface area (Å²) < 4.78 is 25.5. The molecule has 0 heterocycles. The number of carbonyl (C=O) groups is 2. The van der Waals surface area contributed by atoms with Crippen molar-refractivity contribution < 1.29 is 18.0 Å². The molecule has 0 fully saturated rings. The van der Waals surface area contributed by atoms with Crippen LogP contribution in [0.3, 0.4) is 0 Å². The molecule has 27 heavy (non-hydrogen) atoms. The van der Waals surface area contributed by atoms with Crippen molar-refractivity contribution in [3.63, 3.8) is 0 Å². The van der Waals surface area contributed by atoms with Crippen LogP contribution >= 0.6 is 12.4 Å². The molecule has 0 aliphatic rings. The maximum Gasteiger partial charge on any atom is 0.242 e. The second-order valence-corrected chi connectivity index (χ2v) is 8.79. The summed E-state index contributed by atoms with van der Waals surface area (Å²) in [5.41, 5.74) is 6.36. The molecule has 10 heteroatoms. The van der Waals surface area contributed by atoms with Gasteiger partial charge in [0, 0.05) is 14.1 Å². The minimum atomic E-state index is -3.55. The minimum absolute atomic E-state index is 0. The lowest BCUT2D eigenvalue weighted by atomic mass is 10.1. The first-order valence-electron chi connectivity index (χ1n) is 8.32. The van der Waals surface area contributed by atoms with Crippen molar-refractivity contribution in [1.29, 1.82) is 0 Å². The van der Waals surface area contributed by atoms with E-state index in [-0.39, 0.29) is 41.6 Å². The van der Waals surface area contributed by atoms with Crippen LogP contribution in [0.2, 0.25) is 0 Å². The van der Waals surface area contributed by atoms with Crippen molar-refractivity contribution in [3.05, 3.63) is 29.8 Å². The lowest BCUT2D eigenvalue weighted by molar-refractivity contribution is -0.127. The number of sulfonamides is 1. The monoisotopic (exact) mass is 420 g/mol. The molecule has 0 aliphatic carbocycles. The molecule has 1 aromatic rings. The molecule has 2 atom stereocenters. The Morgan fingerprint density at radius 2 is 1.78 bits per heavy atom. The third kappa shape index (κ3) is 7.10. The van der Waals surface area contributed by atoms with Gasteiger partial charge in [-0.25, -0.2) is 12.7 Å². The third-order valence-corrected chi connectivity index (χ3v) is 5.77. The van der Waals surface area contributed by atoms with E-state index in [4.69, 9.17) is 5.73 Å². The van der Waals surface area contributed by atoms with Crippen molar-refractivity contribution in [2.45, 2.75) is 37.8 Å². The fourth-order valence-electron chi connectivity index (χ4n) is 2.12. The highest BCUT2D eigenvalue weighted by Gasteiger charge is 2.20. The zero-order chi connectivity index (χ0) is 20.1. The fraction of sp³-hybridized carbons (Fsp3) is 0.529. The lowest BCUT2D eigenvalue weighted by Gasteiger charge is -2.18. The van der Waals surface area contributed by atoms with Gasteiger partial charge in [0.1, 0.15) is 0 Å². The van der Waals surface area contributed by atoms with Crippen LogP contribution in [-0.2, 0) is 19.6 Å². The van der Waals surface area contributed by atoms with Crippen LogP contribution in [0.15, 0.2) is 29.2 Å². The molecule has 1 unspecified atom stereocenters. The van der Waals surface area contributed by atoms with E-state index in [9.17, 15) is 18.0 Å². The van der Waals surface area contributed by atoms with Crippen LogP contribution in [-0.4, -0.2) is 51.2 Å². The summed E-state index contributed by atoms with van der Waals surface area (Å²) in [7, 11) is -0.639. The topological polar surface area (TPSA) is 122 Å². The van der Waals surface area contributed by atoms with Crippen molar-refractivity contribution in [3.8, 4) is 0 Å². The van der Waals surface area contributed by atoms with Crippen molar-refractivity contribution >= 4 is 34.2 Å². The number of hydrogen-bond acceptors (Lipinski definition) is 5. The number of hydrogen-bond donors (Lipinski definition) is 3. The first kappa shape index (κ1) is 25.3. The van der Waals surface area contributed by atoms with Crippen molar-refractivity contribution in [1.82, 2.24) is 14.9 Å². The Hall–Kier alpha value is -1.68. The Kier molecular flexibility index (Phi) is 9.94. The van der Waals surface area contributed by atoms with Gasteiger partial charge in [-0.1, -0.05) is 26.0 Å². The molecule has 0 aromatic heterocycles. The Morgan fingerprint density at radius 1 is 1.19 bits per heavy atom. The highest BCUT2D eigenvalue weighted by molar-refractivity contribution is 7.89. The molecule has 0 radical (unpaired) electrons. The number of benzene rings is 1. The third-order valence-electron chi connectivity index (χ3n) is 3.96. The van der Waals surface area contributed by atoms with Crippen molar-refractivity contribution in [2.24, 2.45) is 11.7 Å². The van der Waals surface area contributed by atoms with Crippen molar-refractivity contribution in [2.75, 3.05) is 20.6 Å². The van der Waals surface area contributed by atoms with Gasteiger partial charge in [-0.15, -0.1) is 12.4 Å². The molecule has 1 aromatic carbocycles. The van der Waals surface area contributed by atoms with Gasteiger partial charge in [-0.05, 0) is 30.5 Å². The normalized spacial score (nSPS) is 13.6. The van der Waals surface area contributed by atoms with Crippen LogP contribution in [0.4, 0.5) is 0 Å². The molecule has 4 N–H and O–H groups in total. The smallest absolute Gasteiger partial charge is 0.242 e. The summed E-state index contributed by atoms with van der Waals surface area (Å²) in [5.74, 6) is -0.803. The highest BCUT2D eigenvalue weighted by Crippen LogP contribution is 2.19. The quantitative estimate of drug-likeness (QED) is 0.569. The largest absolute Gasteiger partial charge is 0.348 e. The second-order valence-electron chi connectivity index (χ2n) is 6.64. The zero-order valence-electron chi connectivity index (χ0n) is 16.2. The number of nitrogens with two attached hydrogens (primary N) is 1. The van der Waals surface area contributed by atoms with Gasteiger partial charge in [0.25, 0.3) is 0 Å². The molecule has 0 aliphatic heterocycles. The minimum Gasteiger partial charge on any atom is -0.348 e. The fourth-order valence-corrected chi connectivity index (χ4v) is 3.08. The van der Waals surface area contributed by atoms with E-state index in [1.807, 2.05) is 13.8 Å². The maximum atomic E-state index is 12.2. The van der Waals surface area contributed by atoms with E-state index in [0.717, 1.165) is 4.31 Å². The van der Waals surface area contributed by atoms with Gasteiger partial charge in [0.15, 0.2) is 0 Å². The number of nitrogens with zero attached hydrogens (tertiary/aromatic N) is 1. The van der Waals surface area contributed by atoms with Gasteiger partial charge < -0.3 is 16.4 Å².